The largest absolute Gasteiger partial charge is 0.478 e. The van der Waals surface area contributed by atoms with E-state index in [1.54, 1.807) is 0 Å². The average molecular weight is 375 g/mol. The van der Waals surface area contributed by atoms with Crippen LogP contribution in [0.15, 0.2) is 22.8 Å². The fraction of sp³-hybridized carbons (Fsp3) is 0.783. The molecule has 0 aromatic carbocycles. The van der Waals surface area contributed by atoms with Gasteiger partial charge in [0.2, 0.25) is 0 Å². The zero-order valence-corrected chi connectivity index (χ0v) is 16.7. The number of hydrogen-bond donors (Lipinski definition) is 3. The molecule has 4 rings (SSSR count). The molecule has 0 saturated heterocycles. The van der Waals surface area contributed by atoms with Gasteiger partial charge in [0.1, 0.15) is 0 Å². The standard InChI is InChI=1S/C23H34O4/c1-22-10-7-15(25)13-14(22)3-4-16-18-5-6-19(17(9-12-24)21(26)27)23(18,2)11-8-20(16)22/h3,15-16,18,20,24-25H,4-13H2,1-2H3,(H,26,27)/b19-17-/t15-,16-,18-,20-,22-,23-/m0/s1. The molecule has 0 aliphatic heterocycles. The molecular formula is C23H34O4. The molecule has 27 heavy (non-hydrogen) atoms. The summed E-state index contributed by atoms with van der Waals surface area (Å²) in [4.78, 5) is 11.8. The van der Waals surface area contributed by atoms with Crippen molar-refractivity contribution in [3.8, 4) is 0 Å². The van der Waals surface area contributed by atoms with Crippen LogP contribution in [0.1, 0.15) is 71.6 Å². The molecule has 0 heterocycles. The quantitative estimate of drug-likeness (QED) is 0.514. The van der Waals surface area contributed by atoms with Crippen LogP contribution in [-0.2, 0) is 4.79 Å². The second kappa shape index (κ2) is 6.73. The summed E-state index contributed by atoms with van der Waals surface area (Å²) in [5.74, 6) is 0.978. The van der Waals surface area contributed by atoms with Crippen molar-refractivity contribution in [1.82, 2.24) is 0 Å². The van der Waals surface area contributed by atoms with Gasteiger partial charge in [0.25, 0.3) is 0 Å². The molecular weight excluding hydrogens is 340 g/mol. The van der Waals surface area contributed by atoms with Gasteiger partial charge in [0.15, 0.2) is 0 Å². The number of rotatable bonds is 3. The van der Waals surface area contributed by atoms with Crippen LogP contribution in [0.4, 0.5) is 0 Å². The van der Waals surface area contributed by atoms with E-state index >= 15 is 0 Å². The van der Waals surface area contributed by atoms with Crippen molar-refractivity contribution in [2.45, 2.75) is 77.7 Å². The third-order valence-electron chi connectivity index (χ3n) is 8.85. The van der Waals surface area contributed by atoms with Crippen LogP contribution in [0, 0.1) is 28.6 Å². The van der Waals surface area contributed by atoms with Gasteiger partial charge in [-0.15, -0.1) is 0 Å². The zero-order valence-electron chi connectivity index (χ0n) is 16.7. The van der Waals surface area contributed by atoms with Gasteiger partial charge in [-0.2, -0.15) is 0 Å². The van der Waals surface area contributed by atoms with Crippen molar-refractivity contribution in [2.24, 2.45) is 28.6 Å². The lowest BCUT2D eigenvalue weighted by Crippen LogP contribution is -2.49. The highest BCUT2D eigenvalue weighted by Crippen LogP contribution is 2.66. The van der Waals surface area contributed by atoms with Gasteiger partial charge in [-0.3, -0.25) is 0 Å². The Morgan fingerprint density at radius 2 is 1.85 bits per heavy atom. The van der Waals surface area contributed by atoms with Crippen LogP contribution >= 0.6 is 0 Å². The summed E-state index contributed by atoms with van der Waals surface area (Å²) in [5.41, 5.74) is 3.26. The number of aliphatic carboxylic acids is 1. The molecule has 4 aliphatic carbocycles. The van der Waals surface area contributed by atoms with Gasteiger partial charge in [-0.25, -0.2) is 4.79 Å². The highest BCUT2D eigenvalue weighted by Gasteiger charge is 2.57. The summed E-state index contributed by atoms with van der Waals surface area (Å²) in [6.45, 7) is 4.62. The molecule has 0 aromatic heterocycles. The Hall–Kier alpha value is -1.13. The molecule has 4 heteroatoms. The first-order valence-corrected chi connectivity index (χ1v) is 10.8. The van der Waals surface area contributed by atoms with Crippen LogP contribution in [-0.4, -0.2) is 34.0 Å². The van der Waals surface area contributed by atoms with Gasteiger partial charge in [-0.05, 0) is 80.0 Å². The molecule has 0 amide bonds. The topological polar surface area (TPSA) is 77.8 Å². The number of carbonyl (C=O) groups is 1. The Kier molecular flexibility index (Phi) is 4.79. The molecule has 6 atom stereocenters. The molecule has 0 radical (unpaired) electrons. The number of fused-ring (bicyclic) bond motifs is 5. The minimum atomic E-state index is -0.845. The maximum atomic E-state index is 11.8. The van der Waals surface area contributed by atoms with Crippen LogP contribution < -0.4 is 0 Å². The first kappa shape index (κ1) is 19.2. The molecule has 3 N–H and O–H groups in total. The fourth-order valence-corrected chi connectivity index (χ4v) is 7.45. The Balaban J connectivity index is 1.68. The van der Waals surface area contributed by atoms with E-state index in [1.807, 2.05) is 0 Å². The Bertz CT molecular complexity index is 692. The Labute approximate surface area is 162 Å². The van der Waals surface area contributed by atoms with Gasteiger partial charge in [0.05, 0.1) is 6.10 Å². The van der Waals surface area contributed by atoms with Crippen molar-refractivity contribution >= 4 is 5.97 Å². The number of aliphatic hydroxyl groups excluding tert-OH is 2. The fourth-order valence-electron chi connectivity index (χ4n) is 7.45. The van der Waals surface area contributed by atoms with Gasteiger partial charge < -0.3 is 15.3 Å². The lowest BCUT2D eigenvalue weighted by molar-refractivity contribution is -0.133. The van der Waals surface area contributed by atoms with E-state index in [0.717, 1.165) is 56.9 Å². The van der Waals surface area contributed by atoms with Gasteiger partial charge in [-0.1, -0.05) is 31.1 Å². The number of hydrogen-bond acceptors (Lipinski definition) is 3. The molecule has 3 fully saturated rings. The van der Waals surface area contributed by atoms with Crippen LogP contribution in [0.25, 0.3) is 0 Å². The maximum absolute atomic E-state index is 11.8. The lowest BCUT2D eigenvalue weighted by atomic mass is 9.47. The molecule has 0 bridgehead atoms. The van der Waals surface area contributed by atoms with E-state index in [2.05, 4.69) is 19.9 Å². The smallest absolute Gasteiger partial charge is 0.331 e. The molecule has 0 unspecified atom stereocenters. The highest BCUT2D eigenvalue weighted by atomic mass is 16.4. The number of carboxylic acids is 1. The van der Waals surface area contributed by atoms with E-state index in [9.17, 15) is 20.1 Å². The second-order valence-electron chi connectivity index (χ2n) is 9.89. The summed E-state index contributed by atoms with van der Waals surface area (Å²) in [6.07, 6.45) is 10.6. The predicted molar refractivity (Wildman–Crippen MR) is 104 cm³/mol. The number of aliphatic hydroxyl groups is 2. The Morgan fingerprint density at radius 3 is 2.56 bits per heavy atom. The summed E-state index contributed by atoms with van der Waals surface area (Å²) in [7, 11) is 0. The van der Waals surface area contributed by atoms with E-state index in [1.165, 1.54) is 5.57 Å². The molecule has 3 saturated carbocycles. The van der Waals surface area contributed by atoms with Crippen molar-refractivity contribution in [3.63, 3.8) is 0 Å². The minimum Gasteiger partial charge on any atom is -0.478 e. The van der Waals surface area contributed by atoms with E-state index < -0.39 is 5.97 Å². The van der Waals surface area contributed by atoms with Crippen molar-refractivity contribution in [3.05, 3.63) is 22.8 Å². The van der Waals surface area contributed by atoms with E-state index in [-0.39, 0.29) is 30.0 Å². The highest BCUT2D eigenvalue weighted by molar-refractivity contribution is 5.88. The molecule has 4 nitrogen and oxygen atoms in total. The van der Waals surface area contributed by atoms with Crippen LogP contribution in [0.3, 0.4) is 0 Å². The van der Waals surface area contributed by atoms with Crippen molar-refractivity contribution in [2.75, 3.05) is 6.61 Å². The Morgan fingerprint density at radius 1 is 1.15 bits per heavy atom. The van der Waals surface area contributed by atoms with Crippen LogP contribution in [0.5, 0.6) is 0 Å². The third kappa shape index (κ3) is 2.82. The summed E-state index contributed by atoms with van der Waals surface area (Å²) >= 11 is 0. The minimum absolute atomic E-state index is 0.0278. The van der Waals surface area contributed by atoms with E-state index in [4.69, 9.17) is 0 Å². The first-order chi connectivity index (χ1) is 12.8. The van der Waals surface area contributed by atoms with Gasteiger partial charge >= 0.3 is 5.97 Å². The normalized spacial score (nSPS) is 45.4. The zero-order chi connectivity index (χ0) is 19.4. The maximum Gasteiger partial charge on any atom is 0.331 e. The number of allylic oxidation sites excluding steroid dienone is 2. The number of carboxylic acid groups (broad SMARTS) is 1. The van der Waals surface area contributed by atoms with Gasteiger partial charge in [0, 0.05) is 18.6 Å². The third-order valence-corrected chi connectivity index (χ3v) is 8.85. The molecule has 0 spiro atoms. The van der Waals surface area contributed by atoms with Crippen molar-refractivity contribution < 1.29 is 20.1 Å². The first-order valence-electron chi connectivity index (χ1n) is 10.8. The lowest BCUT2D eigenvalue weighted by Gasteiger charge is -2.57. The second-order valence-corrected chi connectivity index (χ2v) is 9.89. The summed E-state index contributed by atoms with van der Waals surface area (Å²) < 4.78 is 0. The summed E-state index contributed by atoms with van der Waals surface area (Å²) in [5, 5.41) is 29.2. The average Bonchev–Trinajstić information content (AvgIpc) is 2.97. The predicted octanol–water partition coefficient (Wildman–Crippen LogP) is 4.07. The summed E-state index contributed by atoms with van der Waals surface area (Å²) in [6, 6.07) is 0. The monoisotopic (exact) mass is 374 g/mol. The SMILES string of the molecule is C[C@]12CC[C@H](O)CC1=CC[C@@H]1[C@@H]2CC[C@]2(C)/C(=C(/CCO)C(=O)O)CC[C@@H]12. The molecule has 4 aliphatic rings. The van der Waals surface area contributed by atoms with E-state index in [0.29, 0.717) is 23.3 Å². The molecule has 150 valence electrons. The molecule has 0 aromatic rings. The van der Waals surface area contributed by atoms with Crippen molar-refractivity contribution in [1.29, 1.82) is 0 Å². The van der Waals surface area contributed by atoms with Crippen LogP contribution in [0.2, 0.25) is 0 Å².